The van der Waals surface area contributed by atoms with Gasteiger partial charge < -0.3 is 14.7 Å². The molecule has 26 heavy (non-hydrogen) atoms. The highest BCUT2D eigenvalue weighted by Crippen LogP contribution is 2.25. The molecule has 2 aromatic rings. The maximum atomic E-state index is 12.9. The minimum atomic E-state index is 0. The largest absolute Gasteiger partial charge is 0.508 e. The highest BCUT2D eigenvalue weighted by molar-refractivity contribution is 6.14. The van der Waals surface area contributed by atoms with Crippen LogP contribution in [0.15, 0.2) is 59.7 Å². The Bertz CT molecular complexity index is 780. The molecule has 1 saturated heterocycles. The van der Waals surface area contributed by atoms with Crippen molar-refractivity contribution in [3.8, 4) is 11.5 Å². The molecule has 0 amide bonds. The second-order valence-electron chi connectivity index (χ2n) is 7.10. The number of carbonyl (C=O) groups is 1. The molecule has 2 aromatic carbocycles. The van der Waals surface area contributed by atoms with Crippen LogP contribution in [-0.4, -0.2) is 47.7 Å². The maximum Gasteiger partial charge on any atom is 0.235 e. The SMILES string of the molecule is C[N+]1(C)C/C(=C\c2ccc(O)cc2)C(=O)/C(=C/c2ccc(O)cc2)C1.[IH2+]. The molecule has 1 heterocycles. The lowest BCUT2D eigenvalue weighted by molar-refractivity contribution is -0.881. The number of piperidine rings is 1. The monoisotopic (exact) mass is 465 g/mol. The van der Waals surface area contributed by atoms with Crippen LogP contribution in [0, 0.1) is 0 Å². The van der Waals surface area contributed by atoms with Crippen LogP contribution in [0.3, 0.4) is 0 Å². The third-order valence-electron chi connectivity index (χ3n) is 4.25. The highest BCUT2D eigenvalue weighted by atomic mass is 127. The molecule has 0 aromatic heterocycles. The molecule has 4 nitrogen and oxygen atoms in total. The van der Waals surface area contributed by atoms with Crippen molar-refractivity contribution in [2.75, 3.05) is 27.2 Å². The summed E-state index contributed by atoms with van der Waals surface area (Å²) < 4.78 is 0.694. The minimum Gasteiger partial charge on any atom is -0.508 e. The number of phenols is 2. The summed E-state index contributed by atoms with van der Waals surface area (Å²) in [6.45, 7) is 1.32. The van der Waals surface area contributed by atoms with E-state index in [2.05, 4.69) is 14.1 Å². The topological polar surface area (TPSA) is 57.5 Å². The summed E-state index contributed by atoms with van der Waals surface area (Å²) in [4.78, 5) is 12.9. The first-order valence-electron chi connectivity index (χ1n) is 8.18. The van der Waals surface area contributed by atoms with Crippen LogP contribution < -0.4 is 24.0 Å². The van der Waals surface area contributed by atoms with Crippen molar-refractivity contribution >= 4 is 17.9 Å². The van der Waals surface area contributed by atoms with E-state index in [1.807, 2.05) is 12.2 Å². The quantitative estimate of drug-likeness (QED) is 0.364. The lowest BCUT2D eigenvalue weighted by Crippen LogP contribution is -3.00. The van der Waals surface area contributed by atoms with Gasteiger partial charge in [0.1, 0.15) is 24.6 Å². The molecule has 1 aliphatic rings. The second kappa shape index (κ2) is 8.05. The van der Waals surface area contributed by atoms with Gasteiger partial charge in [-0.05, 0) is 47.5 Å². The Hall–Kier alpha value is -2.12. The molecule has 0 bridgehead atoms. The summed E-state index contributed by atoms with van der Waals surface area (Å²) >= 11 is 0. The molecule has 0 atom stereocenters. The molecular weight excluding hydrogens is 441 g/mol. The molecule has 0 unspecified atom stereocenters. The molecule has 0 radical (unpaired) electrons. The van der Waals surface area contributed by atoms with Gasteiger partial charge in [-0.25, -0.2) is 0 Å². The summed E-state index contributed by atoms with van der Waals surface area (Å²) in [5.74, 6) is 0.473. The predicted octanol–water partition coefficient (Wildman–Crippen LogP) is -0.308. The second-order valence-corrected chi connectivity index (χ2v) is 7.10. The van der Waals surface area contributed by atoms with E-state index < -0.39 is 0 Å². The Kier molecular flexibility index (Phi) is 6.26. The van der Waals surface area contributed by atoms with Gasteiger partial charge in [0, 0.05) is 0 Å². The summed E-state index contributed by atoms with van der Waals surface area (Å²) in [5.41, 5.74) is 3.30. The fourth-order valence-electron chi connectivity index (χ4n) is 3.09. The van der Waals surface area contributed by atoms with Gasteiger partial charge in [0.25, 0.3) is 0 Å². The number of hydrogen-bond acceptors (Lipinski definition) is 3. The van der Waals surface area contributed by atoms with Gasteiger partial charge in [0.05, 0.1) is 25.2 Å². The lowest BCUT2D eigenvalue weighted by atomic mass is 9.93. The maximum absolute atomic E-state index is 12.9. The minimum absolute atomic E-state index is 0. The number of carbonyl (C=O) groups excluding carboxylic acids is 1. The number of benzene rings is 2. The highest BCUT2D eigenvalue weighted by Gasteiger charge is 2.33. The zero-order valence-electron chi connectivity index (χ0n) is 14.9. The van der Waals surface area contributed by atoms with Gasteiger partial charge in [-0.15, -0.1) is 0 Å². The average Bonchev–Trinajstić information content (AvgIpc) is 2.55. The number of aromatic hydroxyl groups is 2. The first-order chi connectivity index (χ1) is 11.8. The van der Waals surface area contributed by atoms with E-state index in [-0.39, 0.29) is 41.3 Å². The van der Waals surface area contributed by atoms with Crippen molar-refractivity contribution in [2.24, 2.45) is 0 Å². The number of ketones is 1. The number of nitrogens with zero attached hydrogens (tertiary/aromatic N) is 1. The lowest BCUT2D eigenvalue weighted by Gasteiger charge is -2.35. The van der Waals surface area contributed by atoms with E-state index in [9.17, 15) is 15.0 Å². The van der Waals surface area contributed by atoms with Crippen molar-refractivity contribution in [2.45, 2.75) is 0 Å². The van der Waals surface area contributed by atoms with E-state index in [0.717, 1.165) is 22.3 Å². The van der Waals surface area contributed by atoms with E-state index in [4.69, 9.17) is 0 Å². The number of Topliss-reactive ketones (excluding diaryl/α,β-unsaturated/α-hetero) is 1. The van der Waals surface area contributed by atoms with Gasteiger partial charge in [0.15, 0.2) is 5.78 Å². The predicted molar refractivity (Wildman–Crippen MR) is 102 cm³/mol. The molecule has 5 heteroatoms. The normalized spacial score (nSPS) is 19.4. The average molecular weight is 465 g/mol. The van der Waals surface area contributed by atoms with Crippen LogP contribution >= 0.6 is 0 Å². The fourth-order valence-corrected chi connectivity index (χ4v) is 3.09. The van der Waals surface area contributed by atoms with Crippen LogP contribution in [0.5, 0.6) is 11.5 Å². The van der Waals surface area contributed by atoms with Crippen molar-refractivity contribution in [3.63, 3.8) is 0 Å². The Morgan fingerprint density at radius 2 is 1.12 bits per heavy atom. The molecule has 3 rings (SSSR count). The van der Waals surface area contributed by atoms with Gasteiger partial charge in [-0.3, -0.25) is 4.79 Å². The van der Waals surface area contributed by atoms with E-state index in [1.54, 1.807) is 48.5 Å². The smallest absolute Gasteiger partial charge is 0.235 e. The number of likely N-dealkylation sites (N-methyl/N-ethyl adjacent to an activating group) is 1. The number of rotatable bonds is 2. The molecule has 2 N–H and O–H groups in total. The number of hydrogen-bond donors (Lipinski definition) is 2. The van der Waals surface area contributed by atoms with E-state index >= 15 is 0 Å². The molecule has 136 valence electrons. The first-order valence-corrected chi connectivity index (χ1v) is 8.18. The summed E-state index contributed by atoms with van der Waals surface area (Å²) in [6, 6.07) is 13.7. The molecular formula is C21H24INO3+2. The van der Waals surface area contributed by atoms with Gasteiger partial charge in [-0.1, -0.05) is 24.3 Å². The van der Waals surface area contributed by atoms with Gasteiger partial charge in [0.2, 0.25) is 24.0 Å². The molecule has 1 aliphatic heterocycles. The Morgan fingerprint density at radius 1 is 0.769 bits per heavy atom. The standard InChI is InChI=1S/C21H21NO3.H2I/c1-22(2)13-17(11-15-3-7-19(23)8-4-15)21(25)18(14-22)12-16-5-9-20(24)10-6-16;/h3-12H,13-14H2,1-2H3,(H-,23,24,25);1H2/q;+1/p+1. The third kappa shape index (κ3) is 4.95. The number of quaternary nitrogens is 1. The fraction of sp³-hybridized carbons (Fsp3) is 0.190. The molecule has 0 saturated carbocycles. The summed E-state index contributed by atoms with van der Waals surface area (Å²) in [6.07, 6.45) is 3.79. The van der Waals surface area contributed by atoms with Crippen molar-refractivity contribution < 1.29 is 43.5 Å². The number of likely N-dealkylation sites (tertiary alicyclic amines) is 1. The third-order valence-corrected chi connectivity index (χ3v) is 4.25. The van der Waals surface area contributed by atoms with Gasteiger partial charge in [-0.2, -0.15) is 0 Å². The van der Waals surface area contributed by atoms with Crippen molar-refractivity contribution in [3.05, 3.63) is 70.8 Å². The number of phenolic OH excluding ortho intramolecular Hbond substituents is 2. The van der Waals surface area contributed by atoms with Crippen molar-refractivity contribution in [1.82, 2.24) is 0 Å². The van der Waals surface area contributed by atoms with Crippen LogP contribution in [0.1, 0.15) is 11.1 Å². The first kappa shape index (κ1) is 20.2. The summed E-state index contributed by atoms with van der Waals surface area (Å²) in [7, 11) is 4.20. The van der Waals surface area contributed by atoms with Crippen molar-refractivity contribution in [1.29, 1.82) is 0 Å². The van der Waals surface area contributed by atoms with E-state index in [1.165, 1.54) is 0 Å². The zero-order valence-corrected chi connectivity index (χ0v) is 17.4. The Morgan fingerprint density at radius 3 is 1.46 bits per heavy atom. The summed E-state index contributed by atoms with van der Waals surface area (Å²) in [5, 5.41) is 18.8. The number of halogens is 1. The van der Waals surface area contributed by atoms with Gasteiger partial charge >= 0.3 is 0 Å². The Balaban J connectivity index is 0.00000243. The van der Waals surface area contributed by atoms with Crippen LogP contribution in [0.25, 0.3) is 12.2 Å². The molecule has 1 fully saturated rings. The zero-order chi connectivity index (χ0) is 18.0. The Labute approximate surface area is 170 Å². The van der Waals surface area contributed by atoms with Crippen LogP contribution in [0.4, 0.5) is 0 Å². The molecule has 0 aliphatic carbocycles. The van der Waals surface area contributed by atoms with Crippen LogP contribution in [-0.2, 0) is 4.79 Å². The van der Waals surface area contributed by atoms with E-state index in [0.29, 0.717) is 17.6 Å². The van der Waals surface area contributed by atoms with Crippen LogP contribution in [0.2, 0.25) is 0 Å². The molecule has 0 spiro atoms.